The highest BCUT2D eigenvalue weighted by Gasteiger charge is 2.16. The van der Waals surface area contributed by atoms with E-state index in [0.29, 0.717) is 6.54 Å². The van der Waals surface area contributed by atoms with Crippen molar-refractivity contribution < 1.29 is 14.5 Å². The van der Waals surface area contributed by atoms with Gasteiger partial charge in [0.05, 0.1) is 4.92 Å². The fraction of sp³-hybridized carbons (Fsp3) is 0.235. The van der Waals surface area contributed by atoms with Crippen LogP contribution in [0.1, 0.15) is 5.56 Å². The fourth-order valence-corrected chi connectivity index (χ4v) is 2.96. The molecule has 1 amide bonds. The van der Waals surface area contributed by atoms with Crippen molar-refractivity contribution in [2.45, 2.75) is 5.75 Å². The summed E-state index contributed by atoms with van der Waals surface area (Å²) >= 11 is 7.44. The van der Waals surface area contributed by atoms with Gasteiger partial charge in [0.25, 0.3) is 5.91 Å². The van der Waals surface area contributed by atoms with Crippen LogP contribution in [-0.4, -0.2) is 29.7 Å². The van der Waals surface area contributed by atoms with Crippen molar-refractivity contribution in [1.29, 1.82) is 0 Å². The highest BCUT2D eigenvalue weighted by atomic mass is 35.5. The van der Waals surface area contributed by atoms with E-state index in [0.717, 1.165) is 11.5 Å². The van der Waals surface area contributed by atoms with E-state index in [4.69, 9.17) is 16.3 Å². The molecule has 0 saturated heterocycles. The van der Waals surface area contributed by atoms with Gasteiger partial charge in [0.2, 0.25) is 0 Å². The Bertz CT molecular complexity index is 728. The van der Waals surface area contributed by atoms with E-state index >= 15 is 0 Å². The Labute approximate surface area is 154 Å². The molecule has 0 atom stereocenters. The van der Waals surface area contributed by atoms with Crippen molar-refractivity contribution in [3.05, 3.63) is 69.2 Å². The third-order valence-electron chi connectivity index (χ3n) is 3.16. The number of amides is 1. The van der Waals surface area contributed by atoms with Gasteiger partial charge >= 0.3 is 5.69 Å². The lowest BCUT2D eigenvalue weighted by Crippen LogP contribution is -2.30. The van der Waals surface area contributed by atoms with E-state index in [2.05, 4.69) is 17.4 Å². The van der Waals surface area contributed by atoms with Gasteiger partial charge in [-0.05, 0) is 17.7 Å². The van der Waals surface area contributed by atoms with Gasteiger partial charge in [-0.25, -0.2) is 0 Å². The van der Waals surface area contributed by atoms with Gasteiger partial charge in [-0.2, -0.15) is 11.8 Å². The molecule has 0 saturated carbocycles. The third-order valence-corrected chi connectivity index (χ3v) is 4.42. The Kier molecular flexibility index (Phi) is 7.56. The van der Waals surface area contributed by atoms with Gasteiger partial charge in [0.1, 0.15) is 0 Å². The fourth-order valence-electron chi connectivity index (χ4n) is 1.98. The molecule has 6 nitrogen and oxygen atoms in total. The van der Waals surface area contributed by atoms with Crippen molar-refractivity contribution in [3.8, 4) is 5.75 Å². The standard InChI is InChI=1S/C17H17ClN2O4S/c18-14-6-7-16(15(10-14)20(22)23)24-11-17(21)19-8-9-25-12-13-4-2-1-3-5-13/h1-7,10H,8-9,11-12H2,(H,19,21). The Hall–Kier alpha value is -2.25. The van der Waals surface area contributed by atoms with Crippen LogP contribution in [0.25, 0.3) is 0 Å². The number of hydrogen-bond donors (Lipinski definition) is 1. The van der Waals surface area contributed by atoms with Crippen molar-refractivity contribution >= 4 is 35.0 Å². The van der Waals surface area contributed by atoms with Crippen LogP contribution in [0.3, 0.4) is 0 Å². The highest BCUT2D eigenvalue weighted by Crippen LogP contribution is 2.29. The first-order valence-electron chi connectivity index (χ1n) is 7.51. The lowest BCUT2D eigenvalue weighted by atomic mass is 10.2. The first-order chi connectivity index (χ1) is 12.1. The summed E-state index contributed by atoms with van der Waals surface area (Å²) in [6.45, 7) is 0.216. The maximum atomic E-state index is 11.8. The molecule has 0 bridgehead atoms. The summed E-state index contributed by atoms with van der Waals surface area (Å²) in [5.41, 5.74) is 0.968. The molecule has 0 heterocycles. The third kappa shape index (κ3) is 6.64. The maximum absolute atomic E-state index is 11.8. The SMILES string of the molecule is O=C(COc1ccc(Cl)cc1[N+](=O)[O-])NCCSCc1ccccc1. The quantitative estimate of drug-likeness (QED) is 0.407. The second-order valence-corrected chi connectivity index (χ2v) is 6.59. The number of nitrogens with one attached hydrogen (secondary N) is 1. The number of hydrogen-bond acceptors (Lipinski definition) is 5. The van der Waals surface area contributed by atoms with Crippen LogP contribution in [0.4, 0.5) is 5.69 Å². The minimum absolute atomic E-state index is 0.0167. The Morgan fingerprint density at radius 3 is 2.72 bits per heavy atom. The summed E-state index contributed by atoms with van der Waals surface area (Å²) in [4.78, 5) is 22.1. The molecule has 1 N–H and O–H groups in total. The molecular weight excluding hydrogens is 364 g/mol. The van der Waals surface area contributed by atoms with Gasteiger partial charge < -0.3 is 10.1 Å². The Morgan fingerprint density at radius 1 is 1.24 bits per heavy atom. The molecule has 2 aromatic carbocycles. The van der Waals surface area contributed by atoms with Crippen LogP contribution in [-0.2, 0) is 10.5 Å². The molecule has 8 heteroatoms. The molecule has 0 radical (unpaired) electrons. The van der Waals surface area contributed by atoms with Gasteiger partial charge in [-0.1, -0.05) is 41.9 Å². The number of thioether (sulfide) groups is 1. The number of benzene rings is 2. The molecule has 2 aromatic rings. The zero-order chi connectivity index (χ0) is 18.1. The molecule has 0 aliphatic carbocycles. The lowest BCUT2D eigenvalue weighted by Gasteiger charge is -2.08. The van der Waals surface area contributed by atoms with Crippen molar-refractivity contribution in [2.24, 2.45) is 0 Å². The number of halogens is 1. The lowest BCUT2D eigenvalue weighted by molar-refractivity contribution is -0.385. The van der Waals surface area contributed by atoms with Gasteiger partial charge in [0.15, 0.2) is 12.4 Å². The predicted octanol–water partition coefficient (Wildman–Crippen LogP) is 3.68. The highest BCUT2D eigenvalue weighted by molar-refractivity contribution is 7.98. The largest absolute Gasteiger partial charge is 0.477 e. The topological polar surface area (TPSA) is 81.5 Å². The number of carbonyl (C=O) groups excluding carboxylic acids is 1. The van der Waals surface area contributed by atoms with E-state index in [1.54, 1.807) is 11.8 Å². The normalized spacial score (nSPS) is 10.3. The Morgan fingerprint density at radius 2 is 2.00 bits per heavy atom. The number of nitro benzene ring substituents is 1. The van der Waals surface area contributed by atoms with Crippen molar-refractivity contribution in [1.82, 2.24) is 5.32 Å². The van der Waals surface area contributed by atoms with Crippen LogP contribution in [0, 0.1) is 10.1 Å². The predicted molar refractivity (Wildman–Crippen MR) is 99.2 cm³/mol. The average Bonchev–Trinajstić information content (AvgIpc) is 2.61. The van der Waals surface area contributed by atoms with E-state index in [9.17, 15) is 14.9 Å². The molecule has 0 aliphatic rings. The van der Waals surface area contributed by atoms with E-state index in [1.807, 2.05) is 18.2 Å². The van der Waals surface area contributed by atoms with Crippen LogP contribution in [0.15, 0.2) is 48.5 Å². The summed E-state index contributed by atoms with van der Waals surface area (Å²) in [6, 6.07) is 14.1. The number of carbonyl (C=O) groups is 1. The second-order valence-electron chi connectivity index (χ2n) is 5.05. The Balaban J connectivity index is 1.68. The molecule has 0 spiro atoms. The molecule has 25 heavy (non-hydrogen) atoms. The average molecular weight is 381 g/mol. The zero-order valence-electron chi connectivity index (χ0n) is 13.3. The molecule has 132 valence electrons. The van der Waals surface area contributed by atoms with E-state index in [-0.39, 0.29) is 29.0 Å². The summed E-state index contributed by atoms with van der Waals surface area (Å²) in [7, 11) is 0. The van der Waals surface area contributed by atoms with Crippen LogP contribution in [0.2, 0.25) is 5.02 Å². The molecule has 0 aliphatic heterocycles. The molecule has 0 unspecified atom stereocenters. The first kappa shape index (κ1) is 19.1. The molecule has 0 fully saturated rings. The first-order valence-corrected chi connectivity index (χ1v) is 9.04. The number of ether oxygens (including phenoxy) is 1. The van der Waals surface area contributed by atoms with E-state index < -0.39 is 4.92 Å². The summed E-state index contributed by atoms with van der Waals surface area (Å²) in [5, 5.41) is 13.9. The van der Waals surface area contributed by atoms with Crippen LogP contribution in [0.5, 0.6) is 5.75 Å². The molecule has 2 rings (SSSR count). The minimum atomic E-state index is -0.598. The summed E-state index contributed by atoms with van der Waals surface area (Å²) in [6.07, 6.45) is 0. The number of nitro groups is 1. The number of rotatable bonds is 9. The van der Waals surface area contributed by atoms with Crippen LogP contribution < -0.4 is 10.1 Å². The van der Waals surface area contributed by atoms with Gasteiger partial charge in [-0.3, -0.25) is 14.9 Å². The van der Waals surface area contributed by atoms with Gasteiger partial charge in [0, 0.05) is 29.1 Å². The van der Waals surface area contributed by atoms with E-state index in [1.165, 1.54) is 23.8 Å². The zero-order valence-corrected chi connectivity index (χ0v) is 14.9. The van der Waals surface area contributed by atoms with Crippen LogP contribution >= 0.6 is 23.4 Å². The molecule has 0 aromatic heterocycles. The summed E-state index contributed by atoms with van der Waals surface area (Å²) < 4.78 is 5.22. The minimum Gasteiger partial charge on any atom is -0.477 e. The smallest absolute Gasteiger partial charge is 0.312 e. The van der Waals surface area contributed by atoms with Crippen molar-refractivity contribution in [3.63, 3.8) is 0 Å². The van der Waals surface area contributed by atoms with Crippen molar-refractivity contribution in [2.75, 3.05) is 18.9 Å². The second kappa shape index (κ2) is 9.90. The monoisotopic (exact) mass is 380 g/mol. The number of nitrogens with zero attached hydrogens (tertiary/aromatic N) is 1. The van der Waals surface area contributed by atoms with Gasteiger partial charge in [-0.15, -0.1) is 0 Å². The molecular formula is C17H17ClN2O4S. The maximum Gasteiger partial charge on any atom is 0.312 e. The summed E-state index contributed by atoms with van der Waals surface area (Å²) in [5.74, 6) is 1.33.